The Kier molecular flexibility index (Phi) is 5.28. The van der Waals surface area contributed by atoms with Crippen LogP contribution in [0.1, 0.15) is 42.9 Å². The Bertz CT molecular complexity index is 443. The molecule has 21 heavy (non-hydrogen) atoms. The van der Waals surface area contributed by atoms with Crippen LogP contribution in [-0.4, -0.2) is 42.9 Å². The van der Waals surface area contributed by atoms with Crippen LogP contribution in [0.15, 0.2) is 24.3 Å². The smallest absolute Gasteiger partial charge is 0.0507 e. The molecule has 3 nitrogen and oxygen atoms in total. The van der Waals surface area contributed by atoms with Crippen LogP contribution in [-0.2, 0) is 11.2 Å². The van der Waals surface area contributed by atoms with Crippen LogP contribution in [0, 0.1) is 5.92 Å². The average molecular weight is 289 g/mol. The lowest BCUT2D eigenvalue weighted by Gasteiger charge is -2.37. The first-order valence-corrected chi connectivity index (χ1v) is 8.39. The van der Waals surface area contributed by atoms with Gasteiger partial charge in [-0.2, -0.15) is 0 Å². The summed E-state index contributed by atoms with van der Waals surface area (Å²) in [6.07, 6.45) is 5.79. The number of nitrogens with zero attached hydrogens (tertiary/aromatic N) is 1. The zero-order chi connectivity index (χ0) is 14.5. The van der Waals surface area contributed by atoms with E-state index in [-0.39, 0.29) is 6.61 Å². The summed E-state index contributed by atoms with van der Waals surface area (Å²) in [4.78, 5) is 2.60. The molecule has 2 atom stereocenters. The highest BCUT2D eigenvalue weighted by molar-refractivity contribution is 5.32. The molecule has 0 spiro atoms. The maximum absolute atomic E-state index is 9.22. The lowest BCUT2D eigenvalue weighted by atomic mass is 9.86. The number of ether oxygens (including phenoxy) is 1. The van der Waals surface area contributed by atoms with E-state index < -0.39 is 0 Å². The van der Waals surface area contributed by atoms with Crippen molar-refractivity contribution in [3.8, 4) is 0 Å². The third kappa shape index (κ3) is 3.65. The first kappa shape index (κ1) is 15.0. The molecule has 116 valence electrons. The van der Waals surface area contributed by atoms with Gasteiger partial charge in [-0.3, -0.25) is 4.90 Å². The molecule has 2 aliphatic rings. The van der Waals surface area contributed by atoms with Crippen LogP contribution in [0.3, 0.4) is 0 Å². The molecule has 2 unspecified atom stereocenters. The van der Waals surface area contributed by atoms with Gasteiger partial charge in [-0.05, 0) is 49.1 Å². The predicted octanol–water partition coefficient (Wildman–Crippen LogP) is 2.78. The number of aliphatic hydroxyl groups excluding tert-OH is 1. The second-order valence-electron chi connectivity index (χ2n) is 6.41. The molecule has 0 radical (unpaired) electrons. The summed E-state index contributed by atoms with van der Waals surface area (Å²) >= 11 is 0. The van der Waals surface area contributed by atoms with E-state index in [1.165, 1.54) is 36.8 Å². The normalized spacial score (nSPS) is 25.2. The van der Waals surface area contributed by atoms with Gasteiger partial charge in [-0.15, -0.1) is 0 Å². The van der Waals surface area contributed by atoms with Crippen molar-refractivity contribution in [2.75, 3.05) is 32.9 Å². The van der Waals surface area contributed by atoms with Crippen LogP contribution in [0.4, 0.5) is 0 Å². The lowest BCUT2D eigenvalue weighted by Crippen LogP contribution is -2.36. The highest BCUT2D eigenvalue weighted by atomic mass is 16.5. The molecular formula is C18H27NO2. The maximum atomic E-state index is 9.22. The number of hydrogen-bond donors (Lipinski definition) is 1. The molecule has 1 aromatic carbocycles. The molecule has 0 saturated carbocycles. The molecule has 0 amide bonds. The van der Waals surface area contributed by atoms with Gasteiger partial charge in [-0.25, -0.2) is 0 Å². The van der Waals surface area contributed by atoms with Gasteiger partial charge in [0.15, 0.2) is 0 Å². The first-order chi connectivity index (χ1) is 10.4. The monoisotopic (exact) mass is 289 g/mol. The molecular weight excluding hydrogens is 262 g/mol. The molecule has 1 N–H and O–H groups in total. The largest absolute Gasteiger partial charge is 0.396 e. The lowest BCUT2D eigenvalue weighted by molar-refractivity contribution is 0.124. The van der Waals surface area contributed by atoms with E-state index in [4.69, 9.17) is 4.74 Å². The zero-order valence-electron chi connectivity index (χ0n) is 12.8. The zero-order valence-corrected chi connectivity index (χ0v) is 12.8. The van der Waals surface area contributed by atoms with Gasteiger partial charge in [0.2, 0.25) is 0 Å². The Morgan fingerprint density at radius 3 is 2.95 bits per heavy atom. The van der Waals surface area contributed by atoms with Gasteiger partial charge in [0.05, 0.1) is 6.61 Å². The Morgan fingerprint density at radius 1 is 1.24 bits per heavy atom. The number of fused-ring (bicyclic) bond motifs is 1. The molecule has 1 aliphatic heterocycles. The van der Waals surface area contributed by atoms with Gasteiger partial charge >= 0.3 is 0 Å². The van der Waals surface area contributed by atoms with E-state index in [0.29, 0.717) is 12.0 Å². The molecule has 3 rings (SSSR count). The van der Waals surface area contributed by atoms with E-state index >= 15 is 0 Å². The third-order valence-electron chi connectivity index (χ3n) is 4.90. The number of hydrogen-bond acceptors (Lipinski definition) is 3. The summed E-state index contributed by atoms with van der Waals surface area (Å²) in [6, 6.07) is 9.44. The quantitative estimate of drug-likeness (QED) is 0.874. The van der Waals surface area contributed by atoms with Crippen molar-refractivity contribution in [1.82, 2.24) is 4.90 Å². The Balaban J connectivity index is 1.75. The van der Waals surface area contributed by atoms with Crippen molar-refractivity contribution in [1.29, 1.82) is 0 Å². The van der Waals surface area contributed by atoms with Crippen molar-refractivity contribution in [2.24, 2.45) is 5.92 Å². The summed E-state index contributed by atoms with van der Waals surface area (Å²) < 4.78 is 5.54. The van der Waals surface area contributed by atoms with Gasteiger partial charge in [-0.1, -0.05) is 24.3 Å². The Morgan fingerprint density at radius 2 is 2.14 bits per heavy atom. The van der Waals surface area contributed by atoms with Crippen LogP contribution in [0.5, 0.6) is 0 Å². The number of aliphatic hydroxyl groups is 1. The maximum Gasteiger partial charge on any atom is 0.0507 e. The van der Waals surface area contributed by atoms with Crippen molar-refractivity contribution in [3.05, 3.63) is 35.4 Å². The van der Waals surface area contributed by atoms with Crippen molar-refractivity contribution < 1.29 is 9.84 Å². The molecule has 1 heterocycles. The second-order valence-corrected chi connectivity index (χ2v) is 6.41. The predicted molar refractivity (Wildman–Crippen MR) is 84.3 cm³/mol. The molecule has 1 saturated heterocycles. The van der Waals surface area contributed by atoms with E-state index in [0.717, 1.165) is 32.7 Å². The van der Waals surface area contributed by atoms with E-state index in [1.807, 2.05) is 0 Å². The Hall–Kier alpha value is -0.900. The van der Waals surface area contributed by atoms with Gasteiger partial charge < -0.3 is 9.84 Å². The van der Waals surface area contributed by atoms with Crippen LogP contribution in [0.25, 0.3) is 0 Å². The number of aryl methyl sites for hydroxylation is 1. The van der Waals surface area contributed by atoms with Gasteiger partial charge in [0.25, 0.3) is 0 Å². The fourth-order valence-electron chi connectivity index (χ4n) is 3.81. The van der Waals surface area contributed by atoms with Crippen molar-refractivity contribution in [3.63, 3.8) is 0 Å². The second kappa shape index (κ2) is 7.39. The van der Waals surface area contributed by atoms with Crippen molar-refractivity contribution in [2.45, 2.75) is 38.1 Å². The standard InChI is InChI=1S/C18H27NO2/c20-11-4-10-19(13-15-9-12-21-14-15)18-8-3-6-16-5-1-2-7-17(16)18/h1-2,5,7,15,18,20H,3-4,6,8-14H2. The highest BCUT2D eigenvalue weighted by Gasteiger charge is 2.28. The summed E-state index contributed by atoms with van der Waals surface area (Å²) in [5.74, 6) is 0.665. The first-order valence-electron chi connectivity index (χ1n) is 8.39. The summed E-state index contributed by atoms with van der Waals surface area (Å²) in [6.45, 7) is 4.21. The van der Waals surface area contributed by atoms with Crippen LogP contribution in [0.2, 0.25) is 0 Å². The number of rotatable bonds is 6. The summed E-state index contributed by atoms with van der Waals surface area (Å²) in [7, 11) is 0. The summed E-state index contributed by atoms with van der Waals surface area (Å²) in [5, 5.41) is 9.22. The minimum absolute atomic E-state index is 0.284. The SMILES string of the molecule is OCCCN(CC1CCOC1)C1CCCc2ccccc21. The molecule has 3 heteroatoms. The number of benzene rings is 1. The fourth-order valence-corrected chi connectivity index (χ4v) is 3.81. The topological polar surface area (TPSA) is 32.7 Å². The summed E-state index contributed by atoms with van der Waals surface area (Å²) in [5.41, 5.74) is 3.03. The van der Waals surface area contributed by atoms with E-state index in [1.54, 1.807) is 0 Å². The molecule has 0 aromatic heterocycles. The Labute approximate surface area is 127 Å². The van der Waals surface area contributed by atoms with E-state index in [9.17, 15) is 5.11 Å². The molecule has 1 fully saturated rings. The minimum Gasteiger partial charge on any atom is -0.396 e. The van der Waals surface area contributed by atoms with Gasteiger partial charge in [0, 0.05) is 32.3 Å². The van der Waals surface area contributed by atoms with Crippen molar-refractivity contribution >= 4 is 0 Å². The van der Waals surface area contributed by atoms with Gasteiger partial charge in [0.1, 0.15) is 0 Å². The molecule has 1 aliphatic carbocycles. The van der Waals surface area contributed by atoms with Crippen LogP contribution >= 0.6 is 0 Å². The third-order valence-corrected chi connectivity index (χ3v) is 4.90. The highest BCUT2D eigenvalue weighted by Crippen LogP contribution is 2.35. The fraction of sp³-hybridized carbons (Fsp3) is 0.667. The molecule has 1 aromatic rings. The van der Waals surface area contributed by atoms with Crippen LogP contribution < -0.4 is 0 Å². The molecule has 0 bridgehead atoms. The van der Waals surface area contributed by atoms with E-state index in [2.05, 4.69) is 29.2 Å². The minimum atomic E-state index is 0.284. The average Bonchev–Trinajstić information content (AvgIpc) is 3.04.